The van der Waals surface area contributed by atoms with Gasteiger partial charge in [0.05, 0.1) is 12.1 Å². The van der Waals surface area contributed by atoms with E-state index in [0.29, 0.717) is 18.2 Å². The first-order chi connectivity index (χ1) is 10.1. The monoisotopic (exact) mass is 291 g/mol. The standard InChI is InChI=1S/C16H12F3NO/c1-9-2-4-10(5-3-9)13-11(17)8-12(18)15(19)14(13)16-20-6-7-21-16/h2-5,8H,6-7H2,1H3. The van der Waals surface area contributed by atoms with Crippen molar-refractivity contribution in [2.24, 2.45) is 4.99 Å². The topological polar surface area (TPSA) is 21.6 Å². The maximum absolute atomic E-state index is 14.2. The summed E-state index contributed by atoms with van der Waals surface area (Å²) in [5.41, 5.74) is 1.14. The number of ether oxygens (including phenoxy) is 1. The van der Waals surface area contributed by atoms with Crippen LogP contribution in [-0.4, -0.2) is 19.0 Å². The van der Waals surface area contributed by atoms with Crippen molar-refractivity contribution in [1.82, 2.24) is 0 Å². The van der Waals surface area contributed by atoms with Crippen LogP contribution < -0.4 is 0 Å². The summed E-state index contributed by atoms with van der Waals surface area (Å²) < 4.78 is 47.1. The number of aryl methyl sites for hydroxylation is 1. The summed E-state index contributed by atoms with van der Waals surface area (Å²) in [6.45, 7) is 2.51. The Hall–Kier alpha value is -2.30. The third-order valence-corrected chi connectivity index (χ3v) is 3.31. The zero-order chi connectivity index (χ0) is 15.0. The lowest BCUT2D eigenvalue weighted by Gasteiger charge is -2.13. The minimum atomic E-state index is -1.25. The summed E-state index contributed by atoms with van der Waals surface area (Å²) in [5, 5.41) is 0. The number of hydrogen-bond donors (Lipinski definition) is 0. The van der Waals surface area contributed by atoms with Gasteiger partial charge in [-0.15, -0.1) is 0 Å². The quantitative estimate of drug-likeness (QED) is 0.770. The van der Waals surface area contributed by atoms with Gasteiger partial charge in [0.25, 0.3) is 0 Å². The molecule has 0 N–H and O–H groups in total. The molecule has 0 unspecified atom stereocenters. The molecule has 21 heavy (non-hydrogen) atoms. The van der Waals surface area contributed by atoms with E-state index in [9.17, 15) is 13.2 Å². The summed E-state index contributed by atoms with van der Waals surface area (Å²) in [6, 6.07) is 7.41. The van der Waals surface area contributed by atoms with Gasteiger partial charge in [-0.25, -0.2) is 18.2 Å². The van der Waals surface area contributed by atoms with E-state index in [1.807, 2.05) is 6.92 Å². The molecular formula is C16H12F3NO. The summed E-state index contributed by atoms with van der Waals surface area (Å²) in [4.78, 5) is 3.97. The maximum Gasteiger partial charge on any atom is 0.220 e. The Morgan fingerprint density at radius 1 is 1.00 bits per heavy atom. The molecule has 1 aliphatic heterocycles. The van der Waals surface area contributed by atoms with Gasteiger partial charge in [-0.1, -0.05) is 29.8 Å². The van der Waals surface area contributed by atoms with Crippen molar-refractivity contribution < 1.29 is 17.9 Å². The lowest BCUT2D eigenvalue weighted by molar-refractivity contribution is 0.346. The Morgan fingerprint density at radius 2 is 1.71 bits per heavy atom. The highest BCUT2D eigenvalue weighted by molar-refractivity contribution is 6.01. The Balaban J connectivity index is 2.27. The SMILES string of the molecule is Cc1ccc(-c2c(F)cc(F)c(F)c2C2=NCCO2)cc1. The zero-order valence-electron chi connectivity index (χ0n) is 11.3. The molecule has 0 saturated carbocycles. The molecule has 0 fully saturated rings. The second-order valence-electron chi connectivity index (χ2n) is 4.81. The Kier molecular flexibility index (Phi) is 3.41. The average Bonchev–Trinajstić information content (AvgIpc) is 2.97. The lowest BCUT2D eigenvalue weighted by atomic mass is 9.97. The Morgan fingerprint density at radius 3 is 2.33 bits per heavy atom. The molecule has 2 aromatic rings. The predicted octanol–water partition coefficient (Wildman–Crippen LogP) is 3.86. The zero-order valence-corrected chi connectivity index (χ0v) is 11.3. The van der Waals surface area contributed by atoms with Crippen LogP contribution in [0.3, 0.4) is 0 Å². The molecule has 0 radical (unpaired) electrons. The largest absolute Gasteiger partial charge is 0.475 e. The number of rotatable bonds is 2. The highest BCUT2D eigenvalue weighted by Crippen LogP contribution is 2.32. The highest BCUT2D eigenvalue weighted by Gasteiger charge is 2.26. The van der Waals surface area contributed by atoms with Crippen LogP contribution >= 0.6 is 0 Å². The molecule has 0 aromatic heterocycles. The average molecular weight is 291 g/mol. The van der Waals surface area contributed by atoms with Crippen LogP contribution in [0.5, 0.6) is 0 Å². The van der Waals surface area contributed by atoms with Gasteiger partial charge in [0.2, 0.25) is 5.90 Å². The van der Waals surface area contributed by atoms with E-state index in [2.05, 4.69) is 4.99 Å². The van der Waals surface area contributed by atoms with E-state index < -0.39 is 17.5 Å². The normalized spacial score (nSPS) is 14.0. The molecule has 0 atom stereocenters. The molecule has 1 aliphatic rings. The van der Waals surface area contributed by atoms with Gasteiger partial charge in [0, 0.05) is 11.6 Å². The van der Waals surface area contributed by atoms with Crippen LogP contribution in [0.25, 0.3) is 11.1 Å². The fourth-order valence-corrected chi connectivity index (χ4v) is 2.29. The van der Waals surface area contributed by atoms with Crippen LogP contribution in [0.15, 0.2) is 35.3 Å². The molecule has 0 amide bonds. The maximum atomic E-state index is 14.2. The van der Waals surface area contributed by atoms with Gasteiger partial charge in [0.15, 0.2) is 11.6 Å². The number of hydrogen-bond acceptors (Lipinski definition) is 2. The number of nitrogens with zero attached hydrogens (tertiary/aromatic N) is 1. The third kappa shape index (κ3) is 2.39. The summed E-state index contributed by atoms with van der Waals surface area (Å²) in [5.74, 6) is -3.29. The second-order valence-corrected chi connectivity index (χ2v) is 4.81. The van der Waals surface area contributed by atoms with E-state index >= 15 is 0 Å². The van der Waals surface area contributed by atoms with E-state index in [-0.39, 0.29) is 23.6 Å². The van der Waals surface area contributed by atoms with Crippen molar-refractivity contribution in [2.75, 3.05) is 13.2 Å². The van der Waals surface area contributed by atoms with E-state index in [4.69, 9.17) is 4.74 Å². The summed E-state index contributed by atoms with van der Waals surface area (Å²) >= 11 is 0. The van der Waals surface area contributed by atoms with Gasteiger partial charge in [-0.05, 0) is 12.5 Å². The number of benzene rings is 2. The molecule has 0 spiro atoms. The lowest BCUT2D eigenvalue weighted by Crippen LogP contribution is -2.10. The van der Waals surface area contributed by atoms with Gasteiger partial charge >= 0.3 is 0 Å². The fourth-order valence-electron chi connectivity index (χ4n) is 2.29. The molecule has 0 aliphatic carbocycles. The summed E-state index contributed by atoms with van der Waals surface area (Å²) in [6.07, 6.45) is 0. The van der Waals surface area contributed by atoms with E-state index in [1.54, 1.807) is 24.3 Å². The van der Waals surface area contributed by atoms with Gasteiger partial charge in [0.1, 0.15) is 12.4 Å². The van der Waals surface area contributed by atoms with Crippen LogP contribution in [0.4, 0.5) is 13.2 Å². The van der Waals surface area contributed by atoms with Crippen molar-refractivity contribution in [3.05, 3.63) is 58.9 Å². The van der Waals surface area contributed by atoms with Gasteiger partial charge in [-0.2, -0.15) is 0 Å². The van der Waals surface area contributed by atoms with E-state index in [0.717, 1.165) is 5.56 Å². The molecule has 1 heterocycles. The van der Waals surface area contributed by atoms with Gasteiger partial charge < -0.3 is 4.74 Å². The molecule has 2 aromatic carbocycles. The van der Waals surface area contributed by atoms with Crippen molar-refractivity contribution in [1.29, 1.82) is 0 Å². The van der Waals surface area contributed by atoms with Crippen LogP contribution in [0, 0.1) is 24.4 Å². The molecular weight excluding hydrogens is 279 g/mol. The first-order valence-electron chi connectivity index (χ1n) is 6.50. The first kappa shape index (κ1) is 13.7. The highest BCUT2D eigenvalue weighted by atomic mass is 19.2. The molecule has 108 valence electrons. The van der Waals surface area contributed by atoms with Crippen LogP contribution in [0.1, 0.15) is 11.1 Å². The van der Waals surface area contributed by atoms with Crippen molar-refractivity contribution in [3.63, 3.8) is 0 Å². The molecule has 0 bridgehead atoms. The predicted molar refractivity (Wildman–Crippen MR) is 73.8 cm³/mol. The summed E-state index contributed by atoms with van der Waals surface area (Å²) in [7, 11) is 0. The Bertz CT molecular complexity index is 723. The van der Waals surface area contributed by atoms with E-state index in [1.165, 1.54) is 0 Å². The Labute approximate surface area is 119 Å². The molecule has 2 nitrogen and oxygen atoms in total. The minimum absolute atomic E-state index is 0.0328. The minimum Gasteiger partial charge on any atom is -0.475 e. The van der Waals surface area contributed by atoms with Crippen LogP contribution in [0.2, 0.25) is 0 Å². The molecule has 5 heteroatoms. The van der Waals surface area contributed by atoms with Gasteiger partial charge in [-0.3, -0.25) is 0 Å². The van der Waals surface area contributed by atoms with Crippen molar-refractivity contribution in [3.8, 4) is 11.1 Å². The van der Waals surface area contributed by atoms with Crippen molar-refractivity contribution >= 4 is 5.90 Å². The smallest absolute Gasteiger partial charge is 0.220 e. The fraction of sp³-hybridized carbons (Fsp3) is 0.188. The van der Waals surface area contributed by atoms with Crippen molar-refractivity contribution in [2.45, 2.75) is 6.92 Å². The molecule has 3 rings (SSSR count). The number of halogens is 3. The second kappa shape index (κ2) is 5.24. The molecule has 0 saturated heterocycles. The first-order valence-corrected chi connectivity index (χ1v) is 6.50. The number of aliphatic imine (C=N–C) groups is 1. The third-order valence-electron chi connectivity index (χ3n) is 3.31. The van der Waals surface area contributed by atoms with Crippen LogP contribution in [-0.2, 0) is 4.74 Å².